The summed E-state index contributed by atoms with van der Waals surface area (Å²) in [6.07, 6.45) is 2.94. The molecule has 7 heteroatoms. The van der Waals surface area contributed by atoms with E-state index in [1.54, 1.807) is 30.3 Å². The summed E-state index contributed by atoms with van der Waals surface area (Å²) in [5.74, 6) is -2.51. The van der Waals surface area contributed by atoms with E-state index in [0.29, 0.717) is 18.4 Å². The predicted molar refractivity (Wildman–Crippen MR) is 89.7 cm³/mol. The summed E-state index contributed by atoms with van der Waals surface area (Å²) in [4.78, 5) is 46.1. The van der Waals surface area contributed by atoms with Gasteiger partial charge in [-0.15, -0.1) is 6.58 Å². The molecule has 1 heterocycles. The lowest BCUT2D eigenvalue weighted by atomic mass is 9.97. The van der Waals surface area contributed by atoms with E-state index in [4.69, 9.17) is 5.11 Å². The number of nitrogens with one attached hydrogen (secondary N) is 2. The number of imide groups is 1. The van der Waals surface area contributed by atoms with Crippen molar-refractivity contribution in [3.8, 4) is 0 Å². The molecule has 1 aliphatic rings. The molecule has 1 aromatic carbocycles. The van der Waals surface area contributed by atoms with Crippen LogP contribution in [0.15, 0.2) is 36.9 Å². The van der Waals surface area contributed by atoms with E-state index in [9.17, 15) is 19.2 Å². The van der Waals surface area contributed by atoms with Crippen molar-refractivity contribution >= 4 is 23.7 Å². The fourth-order valence-electron chi connectivity index (χ4n) is 2.63. The third kappa shape index (κ3) is 5.00. The molecule has 0 spiro atoms. The van der Waals surface area contributed by atoms with Crippen LogP contribution >= 0.6 is 0 Å². The summed E-state index contributed by atoms with van der Waals surface area (Å²) in [5.41, 5.74) is 1.16. The van der Waals surface area contributed by atoms with Gasteiger partial charge in [-0.05, 0) is 37.0 Å². The molecule has 132 valence electrons. The summed E-state index contributed by atoms with van der Waals surface area (Å²) in [7, 11) is 0. The first-order valence-electron chi connectivity index (χ1n) is 7.98. The number of hydrogen-bond acceptors (Lipinski definition) is 4. The number of carboxylic acids is 1. The van der Waals surface area contributed by atoms with E-state index in [0.717, 1.165) is 5.56 Å². The Hall–Kier alpha value is -2.96. The van der Waals surface area contributed by atoms with Crippen LogP contribution < -0.4 is 10.6 Å². The molecule has 1 aliphatic heterocycles. The van der Waals surface area contributed by atoms with Crippen molar-refractivity contribution in [2.75, 3.05) is 0 Å². The second-order valence-corrected chi connectivity index (χ2v) is 5.94. The Morgan fingerprint density at radius 2 is 2.00 bits per heavy atom. The van der Waals surface area contributed by atoms with Gasteiger partial charge in [0.1, 0.15) is 6.04 Å². The predicted octanol–water partition coefficient (Wildman–Crippen LogP) is 1.04. The SMILES string of the molecule is C=CCCC(NC(=O)c1ccc(CC2CC(=O)NC2=O)cc1)C(=O)O. The first-order chi connectivity index (χ1) is 11.9. The standard InChI is InChI=1S/C18H20N2O5/c1-2-3-4-14(18(24)25)19-16(22)12-7-5-11(6-8-12)9-13-10-15(21)20-17(13)23/h2,5-8,13-14H,1,3-4,9-10H2,(H,19,22)(H,24,25)(H,20,21,23). The zero-order valence-electron chi connectivity index (χ0n) is 13.7. The van der Waals surface area contributed by atoms with Gasteiger partial charge in [-0.25, -0.2) is 4.79 Å². The Morgan fingerprint density at radius 1 is 1.32 bits per heavy atom. The van der Waals surface area contributed by atoms with E-state index >= 15 is 0 Å². The van der Waals surface area contributed by atoms with Crippen molar-refractivity contribution in [3.63, 3.8) is 0 Å². The third-order valence-electron chi connectivity index (χ3n) is 4.03. The highest BCUT2D eigenvalue weighted by atomic mass is 16.4. The molecule has 1 fully saturated rings. The quantitative estimate of drug-likeness (QED) is 0.482. The van der Waals surface area contributed by atoms with Gasteiger partial charge in [0.25, 0.3) is 5.91 Å². The highest BCUT2D eigenvalue weighted by molar-refractivity contribution is 6.03. The smallest absolute Gasteiger partial charge is 0.326 e. The van der Waals surface area contributed by atoms with Crippen molar-refractivity contribution in [2.24, 2.45) is 5.92 Å². The molecule has 2 unspecified atom stereocenters. The average molecular weight is 344 g/mol. The Kier molecular flexibility index (Phi) is 6.05. The van der Waals surface area contributed by atoms with Crippen LogP contribution in [0.3, 0.4) is 0 Å². The lowest BCUT2D eigenvalue weighted by Gasteiger charge is -2.14. The summed E-state index contributed by atoms with van der Waals surface area (Å²) in [6.45, 7) is 3.54. The second kappa shape index (κ2) is 8.23. The maximum Gasteiger partial charge on any atom is 0.326 e. The minimum atomic E-state index is -1.09. The Balaban J connectivity index is 1.97. The van der Waals surface area contributed by atoms with E-state index in [1.807, 2.05) is 0 Å². The van der Waals surface area contributed by atoms with E-state index in [2.05, 4.69) is 17.2 Å². The van der Waals surface area contributed by atoms with Crippen LogP contribution in [0, 0.1) is 5.92 Å². The average Bonchev–Trinajstić information content (AvgIpc) is 2.89. The molecule has 1 saturated heterocycles. The van der Waals surface area contributed by atoms with Crippen molar-refractivity contribution in [1.29, 1.82) is 0 Å². The van der Waals surface area contributed by atoms with E-state index in [1.165, 1.54) is 0 Å². The van der Waals surface area contributed by atoms with Crippen molar-refractivity contribution < 1.29 is 24.3 Å². The highest BCUT2D eigenvalue weighted by Crippen LogP contribution is 2.17. The summed E-state index contributed by atoms with van der Waals surface area (Å²) in [5, 5.41) is 13.9. The molecule has 3 N–H and O–H groups in total. The first-order valence-corrected chi connectivity index (χ1v) is 7.98. The third-order valence-corrected chi connectivity index (χ3v) is 4.03. The van der Waals surface area contributed by atoms with E-state index < -0.39 is 17.9 Å². The lowest BCUT2D eigenvalue weighted by molar-refractivity contribution is -0.139. The first kappa shape index (κ1) is 18.4. The van der Waals surface area contributed by atoms with Gasteiger partial charge in [0.2, 0.25) is 11.8 Å². The lowest BCUT2D eigenvalue weighted by Crippen LogP contribution is -2.40. The minimum absolute atomic E-state index is 0.171. The van der Waals surface area contributed by atoms with Gasteiger partial charge in [-0.2, -0.15) is 0 Å². The van der Waals surface area contributed by atoms with Crippen LogP contribution in [0.2, 0.25) is 0 Å². The molecule has 7 nitrogen and oxygen atoms in total. The zero-order chi connectivity index (χ0) is 18.4. The fourth-order valence-corrected chi connectivity index (χ4v) is 2.63. The number of benzene rings is 1. The fraction of sp³-hybridized carbons (Fsp3) is 0.333. The van der Waals surface area contributed by atoms with Gasteiger partial charge in [0.15, 0.2) is 0 Å². The largest absolute Gasteiger partial charge is 0.480 e. The maximum absolute atomic E-state index is 12.2. The highest BCUT2D eigenvalue weighted by Gasteiger charge is 2.30. The number of rotatable bonds is 8. The monoisotopic (exact) mass is 344 g/mol. The van der Waals surface area contributed by atoms with Crippen LogP contribution in [0.1, 0.15) is 35.2 Å². The number of carbonyl (C=O) groups is 4. The number of hydrogen-bond donors (Lipinski definition) is 3. The van der Waals surface area contributed by atoms with Gasteiger partial charge in [0, 0.05) is 12.0 Å². The molecule has 0 radical (unpaired) electrons. The Bertz CT molecular complexity index is 696. The number of amides is 3. The molecule has 3 amide bonds. The summed E-state index contributed by atoms with van der Waals surface area (Å²) >= 11 is 0. The minimum Gasteiger partial charge on any atom is -0.480 e. The molecule has 0 aromatic heterocycles. The van der Waals surface area contributed by atoms with E-state index in [-0.39, 0.29) is 30.6 Å². The number of carboxylic acid groups (broad SMARTS) is 1. The van der Waals surface area contributed by atoms with Crippen LogP contribution in [-0.2, 0) is 20.8 Å². The molecule has 2 rings (SSSR count). The number of carbonyl (C=O) groups excluding carboxylic acids is 3. The molecule has 0 saturated carbocycles. The van der Waals surface area contributed by atoms with Gasteiger partial charge >= 0.3 is 5.97 Å². The molecule has 25 heavy (non-hydrogen) atoms. The number of allylic oxidation sites excluding steroid dienone is 1. The van der Waals surface area contributed by atoms with Gasteiger partial charge in [-0.3, -0.25) is 19.7 Å². The topological polar surface area (TPSA) is 113 Å². The van der Waals surface area contributed by atoms with Gasteiger partial charge < -0.3 is 10.4 Å². The van der Waals surface area contributed by atoms with Crippen LogP contribution in [-0.4, -0.2) is 34.8 Å². The summed E-state index contributed by atoms with van der Waals surface area (Å²) in [6, 6.07) is 5.57. The maximum atomic E-state index is 12.2. The summed E-state index contributed by atoms with van der Waals surface area (Å²) < 4.78 is 0. The van der Waals surface area contributed by atoms with Gasteiger partial charge in [0.05, 0.1) is 5.92 Å². The number of aliphatic carboxylic acids is 1. The van der Waals surface area contributed by atoms with Crippen LogP contribution in [0.4, 0.5) is 0 Å². The molecule has 0 bridgehead atoms. The molecule has 0 aliphatic carbocycles. The normalized spacial score (nSPS) is 17.7. The molecular weight excluding hydrogens is 324 g/mol. The van der Waals surface area contributed by atoms with Crippen molar-refractivity contribution in [3.05, 3.63) is 48.0 Å². The van der Waals surface area contributed by atoms with Gasteiger partial charge in [-0.1, -0.05) is 18.2 Å². The second-order valence-electron chi connectivity index (χ2n) is 5.94. The molecular formula is C18H20N2O5. The van der Waals surface area contributed by atoms with Crippen LogP contribution in [0.5, 0.6) is 0 Å². The van der Waals surface area contributed by atoms with Crippen molar-refractivity contribution in [2.45, 2.75) is 31.7 Å². The molecule has 2 atom stereocenters. The zero-order valence-corrected chi connectivity index (χ0v) is 13.7. The molecule has 1 aromatic rings. The van der Waals surface area contributed by atoms with Crippen LogP contribution in [0.25, 0.3) is 0 Å². The Morgan fingerprint density at radius 3 is 2.52 bits per heavy atom. The Labute approximate surface area is 145 Å². The van der Waals surface area contributed by atoms with Crippen molar-refractivity contribution in [1.82, 2.24) is 10.6 Å².